The van der Waals surface area contributed by atoms with E-state index in [1.54, 1.807) is 30.1 Å². The van der Waals surface area contributed by atoms with Gasteiger partial charge in [-0.1, -0.05) is 0 Å². The van der Waals surface area contributed by atoms with Gasteiger partial charge in [0.05, 0.1) is 31.1 Å². The molecule has 0 aliphatic carbocycles. The van der Waals surface area contributed by atoms with Gasteiger partial charge in [-0.2, -0.15) is 5.10 Å². The molecule has 0 radical (unpaired) electrons. The summed E-state index contributed by atoms with van der Waals surface area (Å²) in [5.41, 5.74) is 1.58. The normalized spacial score (nSPS) is 12.3. The van der Waals surface area contributed by atoms with Gasteiger partial charge < -0.3 is 20.3 Å². The minimum absolute atomic E-state index is 0.0471. The molecule has 20 heavy (non-hydrogen) atoms. The van der Waals surface area contributed by atoms with Crippen molar-refractivity contribution in [2.24, 2.45) is 0 Å². The minimum Gasteiger partial charge on any atom is -0.508 e. The van der Waals surface area contributed by atoms with Crippen LogP contribution in [-0.2, 0) is 11.3 Å². The molecule has 6 nitrogen and oxygen atoms in total. The summed E-state index contributed by atoms with van der Waals surface area (Å²) < 4.78 is 6.78. The number of aromatic hydroxyl groups is 2. The third kappa shape index (κ3) is 3.42. The molecule has 1 atom stereocenters. The number of ether oxygens (including phenoxy) is 1. The molecule has 0 saturated heterocycles. The first-order valence-corrected chi connectivity index (χ1v) is 6.40. The first-order chi connectivity index (χ1) is 9.60. The summed E-state index contributed by atoms with van der Waals surface area (Å²) in [7, 11) is 1.65. The lowest BCUT2D eigenvalue weighted by molar-refractivity contribution is 0.183. The Morgan fingerprint density at radius 1 is 1.40 bits per heavy atom. The van der Waals surface area contributed by atoms with E-state index in [4.69, 9.17) is 4.74 Å². The number of hydrogen-bond acceptors (Lipinski definition) is 5. The van der Waals surface area contributed by atoms with Crippen LogP contribution in [0.2, 0.25) is 0 Å². The van der Waals surface area contributed by atoms with E-state index >= 15 is 0 Å². The van der Waals surface area contributed by atoms with Crippen molar-refractivity contribution < 1.29 is 14.9 Å². The number of nitrogens with one attached hydrogen (secondary N) is 1. The molecule has 0 spiro atoms. The quantitative estimate of drug-likeness (QED) is 0.753. The largest absolute Gasteiger partial charge is 0.508 e. The van der Waals surface area contributed by atoms with Crippen LogP contribution in [-0.4, -0.2) is 33.7 Å². The minimum atomic E-state index is -0.101. The predicted molar refractivity (Wildman–Crippen MR) is 75.9 cm³/mol. The smallest absolute Gasteiger partial charge is 0.124 e. The molecule has 0 amide bonds. The van der Waals surface area contributed by atoms with Crippen LogP contribution in [0.3, 0.4) is 0 Å². The zero-order valence-corrected chi connectivity index (χ0v) is 11.6. The molecule has 1 heterocycles. The van der Waals surface area contributed by atoms with E-state index in [9.17, 15) is 10.2 Å². The lowest BCUT2D eigenvalue weighted by Gasteiger charge is -2.15. The maximum absolute atomic E-state index is 9.82. The molecule has 108 valence electrons. The fraction of sp³-hybridized carbons (Fsp3) is 0.357. The molecule has 6 heteroatoms. The molecule has 0 fully saturated rings. The predicted octanol–water partition coefficient (Wildman–Crippen LogP) is 2.11. The number of hydrogen-bond donors (Lipinski definition) is 3. The zero-order valence-electron chi connectivity index (χ0n) is 11.6. The molecule has 1 unspecified atom stereocenters. The summed E-state index contributed by atoms with van der Waals surface area (Å²) in [5, 5.41) is 26.6. The highest BCUT2D eigenvalue weighted by Crippen LogP contribution is 2.29. The van der Waals surface area contributed by atoms with Gasteiger partial charge in [-0.3, -0.25) is 4.68 Å². The Morgan fingerprint density at radius 3 is 2.90 bits per heavy atom. The second-order valence-electron chi connectivity index (χ2n) is 4.59. The summed E-state index contributed by atoms with van der Waals surface area (Å²) in [4.78, 5) is 0. The number of anilines is 1. The Bertz CT molecular complexity index is 569. The van der Waals surface area contributed by atoms with E-state index in [0.717, 1.165) is 5.69 Å². The van der Waals surface area contributed by atoms with Crippen LogP contribution in [0.5, 0.6) is 11.5 Å². The number of methoxy groups -OCH3 is 1. The van der Waals surface area contributed by atoms with Gasteiger partial charge in [0.2, 0.25) is 0 Å². The molecule has 0 saturated carbocycles. The van der Waals surface area contributed by atoms with Gasteiger partial charge in [0.25, 0.3) is 0 Å². The first kappa shape index (κ1) is 14.2. The molecule has 3 N–H and O–H groups in total. The van der Waals surface area contributed by atoms with E-state index in [0.29, 0.717) is 18.7 Å². The third-order valence-electron chi connectivity index (χ3n) is 3.02. The van der Waals surface area contributed by atoms with E-state index in [2.05, 4.69) is 10.4 Å². The zero-order chi connectivity index (χ0) is 14.5. The standard InChI is InChI=1S/C14H19N3O3/c1-10(13-4-3-12(18)7-14(13)19)16-11-8-15-17(9-11)5-6-20-2/h3-4,7-10,16,18-19H,5-6H2,1-2H3. The first-order valence-electron chi connectivity index (χ1n) is 6.40. The van der Waals surface area contributed by atoms with Crippen LogP contribution >= 0.6 is 0 Å². The van der Waals surface area contributed by atoms with Crippen molar-refractivity contribution in [1.29, 1.82) is 0 Å². The van der Waals surface area contributed by atoms with E-state index < -0.39 is 0 Å². The van der Waals surface area contributed by atoms with Crippen LogP contribution in [0, 0.1) is 0 Å². The number of aromatic nitrogens is 2. The number of phenols is 2. The SMILES string of the molecule is COCCn1cc(NC(C)c2ccc(O)cc2O)cn1. The third-order valence-corrected chi connectivity index (χ3v) is 3.02. The Kier molecular flexibility index (Phi) is 4.47. The van der Waals surface area contributed by atoms with Gasteiger partial charge in [-0.25, -0.2) is 0 Å². The van der Waals surface area contributed by atoms with Gasteiger partial charge in [0.15, 0.2) is 0 Å². The summed E-state index contributed by atoms with van der Waals surface area (Å²) in [6.45, 7) is 3.23. The van der Waals surface area contributed by atoms with Gasteiger partial charge in [0.1, 0.15) is 11.5 Å². The highest BCUT2D eigenvalue weighted by molar-refractivity contribution is 5.46. The molecular weight excluding hydrogens is 258 g/mol. The summed E-state index contributed by atoms with van der Waals surface area (Å²) in [5.74, 6) is 0.114. The van der Waals surface area contributed by atoms with Crippen LogP contribution < -0.4 is 5.32 Å². The van der Waals surface area contributed by atoms with Gasteiger partial charge >= 0.3 is 0 Å². The molecule has 2 rings (SSSR count). The van der Waals surface area contributed by atoms with Crippen LogP contribution in [0.4, 0.5) is 5.69 Å². The van der Waals surface area contributed by atoms with Crippen molar-refractivity contribution in [2.45, 2.75) is 19.5 Å². The van der Waals surface area contributed by atoms with Crippen molar-refractivity contribution in [3.05, 3.63) is 36.2 Å². The Hall–Kier alpha value is -2.21. The molecule has 1 aromatic carbocycles. The van der Waals surface area contributed by atoms with Crippen molar-refractivity contribution in [1.82, 2.24) is 9.78 Å². The molecule has 0 aliphatic heterocycles. The number of benzene rings is 1. The van der Waals surface area contributed by atoms with Gasteiger partial charge in [-0.15, -0.1) is 0 Å². The fourth-order valence-electron chi connectivity index (χ4n) is 1.97. The Balaban J connectivity index is 2.03. The molecular formula is C14H19N3O3. The van der Waals surface area contributed by atoms with Crippen molar-refractivity contribution >= 4 is 5.69 Å². The highest BCUT2D eigenvalue weighted by atomic mass is 16.5. The molecule has 0 bridgehead atoms. The van der Waals surface area contributed by atoms with Crippen molar-refractivity contribution in [2.75, 3.05) is 19.0 Å². The fourth-order valence-corrected chi connectivity index (χ4v) is 1.97. The number of phenolic OH excluding ortho intramolecular Hbond substituents is 2. The summed E-state index contributed by atoms with van der Waals surface area (Å²) in [6.07, 6.45) is 3.61. The number of rotatable bonds is 6. The topological polar surface area (TPSA) is 79.5 Å². The average molecular weight is 277 g/mol. The lowest BCUT2D eigenvalue weighted by Crippen LogP contribution is -2.07. The van der Waals surface area contributed by atoms with Crippen molar-refractivity contribution in [3.63, 3.8) is 0 Å². The van der Waals surface area contributed by atoms with Gasteiger partial charge in [0, 0.05) is 24.9 Å². The van der Waals surface area contributed by atoms with Crippen LogP contribution in [0.1, 0.15) is 18.5 Å². The molecule has 0 aliphatic rings. The van der Waals surface area contributed by atoms with Gasteiger partial charge in [-0.05, 0) is 19.1 Å². The van der Waals surface area contributed by atoms with Crippen LogP contribution in [0.25, 0.3) is 0 Å². The summed E-state index contributed by atoms with van der Waals surface area (Å²) in [6, 6.07) is 4.47. The van der Waals surface area contributed by atoms with Crippen LogP contribution in [0.15, 0.2) is 30.6 Å². The monoisotopic (exact) mass is 277 g/mol. The van der Waals surface area contributed by atoms with E-state index in [-0.39, 0.29) is 17.5 Å². The Morgan fingerprint density at radius 2 is 2.20 bits per heavy atom. The lowest BCUT2D eigenvalue weighted by atomic mass is 10.1. The second-order valence-corrected chi connectivity index (χ2v) is 4.59. The average Bonchev–Trinajstić information content (AvgIpc) is 2.83. The summed E-state index contributed by atoms with van der Waals surface area (Å²) >= 11 is 0. The molecule has 2 aromatic rings. The van der Waals surface area contributed by atoms with Crippen molar-refractivity contribution in [3.8, 4) is 11.5 Å². The highest BCUT2D eigenvalue weighted by Gasteiger charge is 2.11. The Labute approximate surface area is 117 Å². The second kappa shape index (κ2) is 6.29. The van der Waals surface area contributed by atoms with E-state index in [1.165, 1.54) is 6.07 Å². The molecule has 1 aromatic heterocycles. The maximum Gasteiger partial charge on any atom is 0.124 e. The number of nitrogens with zero attached hydrogens (tertiary/aromatic N) is 2. The van der Waals surface area contributed by atoms with E-state index in [1.807, 2.05) is 13.1 Å². The maximum atomic E-state index is 9.82.